The van der Waals surface area contributed by atoms with Crippen LogP contribution in [-0.4, -0.2) is 25.3 Å². The molecule has 1 unspecified atom stereocenters. The summed E-state index contributed by atoms with van der Waals surface area (Å²) in [6.07, 6.45) is 2.62. The Hall–Kier alpha value is -1.97. The summed E-state index contributed by atoms with van der Waals surface area (Å²) in [5.74, 6) is 1.23. The van der Waals surface area contributed by atoms with Gasteiger partial charge in [-0.1, -0.05) is 6.92 Å². The average Bonchev–Trinajstić information content (AvgIpc) is 2.46. The molecular weight excluding hydrogens is 268 g/mol. The Bertz CT molecular complexity index is 462. The predicted molar refractivity (Wildman–Crippen MR) is 82.7 cm³/mol. The fourth-order valence-electron chi connectivity index (χ4n) is 1.55. The molecule has 0 spiro atoms. The first-order valence-electron chi connectivity index (χ1n) is 7.28. The third-order valence-electron chi connectivity index (χ3n) is 2.85. The maximum atomic E-state index is 11.3. The Morgan fingerprint density at radius 2 is 1.81 bits per heavy atom. The summed E-state index contributed by atoms with van der Waals surface area (Å²) in [4.78, 5) is 11.3. The van der Waals surface area contributed by atoms with Crippen molar-refractivity contribution in [3.8, 4) is 11.5 Å². The fourth-order valence-corrected chi connectivity index (χ4v) is 1.55. The standard InChI is InChI=1S/C17H24O4/c1-5-14(4)21-16-9-7-15(8-10-16)20-12-13(3)11-17(18)19-6-2/h7-11,14H,5-6,12H2,1-4H3/b13-11-. The third-order valence-corrected chi connectivity index (χ3v) is 2.85. The average molecular weight is 292 g/mol. The van der Waals surface area contributed by atoms with Gasteiger partial charge in [0.25, 0.3) is 0 Å². The first kappa shape index (κ1) is 17.1. The van der Waals surface area contributed by atoms with Crippen LogP contribution in [0.15, 0.2) is 35.9 Å². The van der Waals surface area contributed by atoms with Crippen LogP contribution in [0.4, 0.5) is 0 Å². The van der Waals surface area contributed by atoms with Gasteiger partial charge in [-0.15, -0.1) is 0 Å². The van der Waals surface area contributed by atoms with Crippen molar-refractivity contribution in [1.82, 2.24) is 0 Å². The highest BCUT2D eigenvalue weighted by molar-refractivity contribution is 5.82. The second-order valence-corrected chi connectivity index (χ2v) is 4.84. The molecule has 1 aromatic carbocycles. The molecule has 4 heteroatoms. The lowest BCUT2D eigenvalue weighted by Gasteiger charge is -2.13. The van der Waals surface area contributed by atoms with E-state index in [1.165, 1.54) is 6.08 Å². The quantitative estimate of drug-likeness (QED) is 0.540. The number of hydrogen-bond acceptors (Lipinski definition) is 4. The van der Waals surface area contributed by atoms with E-state index in [4.69, 9.17) is 14.2 Å². The van der Waals surface area contributed by atoms with Gasteiger partial charge in [0.2, 0.25) is 0 Å². The van der Waals surface area contributed by atoms with Crippen LogP contribution in [0.5, 0.6) is 11.5 Å². The molecule has 0 saturated carbocycles. The molecule has 0 heterocycles. The number of esters is 1. The number of ether oxygens (including phenoxy) is 3. The van der Waals surface area contributed by atoms with E-state index >= 15 is 0 Å². The zero-order valence-electron chi connectivity index (χ0n) is 13.2. The monoisotopic (exact) mass is 292 g/mol. The number of hydrogen-bond donors (Lipinski definition) is 0. The summed E-state index contributed by atoms with van der Waals surface area (Å²) in [6, 6.07) is 7.47. The highest BCUT2D eigenvalue weighted by atomic mass is 16.5. The molecule has 1 aromatic rings. The highest BCUT2D eigenvalue weighted by Gasteiger charge is 2.02. The molecule has 0 aliphatic heterocycles. The van der Waals surface area contributed by atoms with Crippen LogP contribution in [0.1, 0.15) is 34.1 Å². The molecule has 0 aliphatic carbocycles. The number of benzene rings is 1. The molecule has 0 fully saturated rings. The SMILES string of the molecule is CCOC(=O)/C=C(/C)COc1ccc(OC(C)CC)cc1. The van der Waals surface area contributed by atoms with Gasteiger partial charge in [0, 0.05) is 6.08 Å². The summed E-state index contributed by atoms with van der Waals surface area (Å²) in [5, 5.41) is 0. The minimum atomic E-state index is -0.337. The summed E-state index contributed by atoms with van der Waals surface area (Å²) in [7, 11) is 0. The lowest BCUT2D eigenvalue weighted by Crippen LogP contribution is -2.09. The molecule has 1 atom stereocenters. The zero-order chi connectivity index (χ0) is 15.7. The largest absolute Gasteiger partial charge is 0.491 e. The molecule has 0 aromatic heterocycles. The number of carbonyl (C=O) groups excluding carboxylic acids is 1. The summed E-state index contributed by atoms with van der Waals surface area (Å²) in [5.41, 5.74) is 0.813. The van der Waals surface area contributed by atoms with Crippen molar-refractivity contribution in [2.45, 2.75) is 40.2 Å². The summed E-state index contributed by atoms with van der Waals surface area (Å²) < 4.78 is 16.1. The summed E-state index contributed by atoms with van der Waals surface area (Å²) in [6.45, 7) is 8.46. The van der Waals surface area contributed by atoms with Crippen LogP contribution in [0, 0.1) is 0 Å². The van der Waals surface area contributed by atoms with Crippen molar-refractivity contribution in [1.29, 1.82) is 0 Å². The third kappa shape index (κ3) is 6.84. The molecule has 0 N–H and O–H groups in total. The molecule has 0 saturated heterocycles. The Labute approximate surface area is 126 Å². The van der Waals surface area contributed by atoms with Gasteiger partial charge in [0.05, 0.1) is 12.7 Å². The topological polar surface area (TPSA) is 44.8 Å². The van der Waals surface area contributed by atoms with Gasteiger partial charge >= 0.3 is 5.97 Å². The van der Waals surface area contributed by atoms with Gasteiger partial charge in [0.1, 0.15) is 18.1 Å². The first-order valence-corrected chi connectivity index (χ1v) is 7.28. The molecule has 4 nitrogen and oxygen atoms in total. The predicted octanol–water partition coefficient (Wildman–Crippen LogP) is 3.75. The molecule has 0 aliphatic rings. The molecule has 0 bridgehead atoms. The second kappa shape index (κ2) is 9.06. The van der Waals surface area contributed by atoms with E-state index in [1.54, 1.807) is 6.92 Å². The van der Waals surface area contributed by atoms with Crippen LogP contribution in [0.25, 0.3) is 0 Å². The Morgan fingerprint density at radius 1 is 1.19 bits per heavy atom. The van der Waals surface area contributed by atoms with Gasteiger partial charge in [0.15, 0.2) is 0 Å². The van der Waals surface area contributed by atoms with E-state index in [2.05, 4.69) is 6.92 Å². The van der Waals surface area contributed by atoms with Gasteiger partial charge in [-0.05, 0) is 57.0 Å². The van der Waals surface area contributed by atoms with E-state index in [-0.39, 0.29) is 12.1 Å². The number of carbonyl (C=O) groups is 1. The van der Waals surface area contributed by atoms with Gasteiger partial charge < -0.3 is 14.2 Å². The maximum Gasteiger partial charge on any atom is 0.330 e. The second-order valence-electron chi connectivity index (χ2n) is 4.84. The first-order chi connectivity index (χ1) is 10.0. The van der Waals surface area contributed by atoms with Crippen molar-refractivity contribution in [3.63, 3.8) is 0 Å². The van der Waals surface area contributed by atoms with Crippen LogP contribution in [-0.2, 0) is 9.53 Å². The lowest BCUT2D eigenvalue weighted by atomic mass is 10.3. The maximum absolute atomic E-state index is 11.3. The van der Waals surface area contributed by atoms with Crippen molar-refractivity contribution in [3.05, 3.63) is 35.9 Å². The van der Waals surface area contributed by atoms with E-state index in [1.807, 2.05) is 38.1 Å². The zero-order valence-corrected chi connectivity index (χ0v) is 13.2. The number of rotatable bonds is 8. The van der Waals surface area contributed by atoms with Crippen LogP contribution in [0.3, 0.4) is 0 Å². The minimum Gasteiger partial charge on any atom is -0.491 e. The molecule has 0 amide bonds. The Kier molecular flexibility index (Phi) is 7.37. The normalized spacial score (nSPS) is 12.7. The lowest BCUT2D eigenvalue weighted by molar-refractivity contribution is -0.137. The highest BCUT2D eigenvalue weighted by Crippen LogP contribution is 2.19. The van der Waals surface area contributed by atoms with E-state index in [0.29, 0.717) is 13.2 Å². The smallest absolute Gasteiger partial charge is 0.330 e. The van der Waals surface area contributed by atoms with E-state index in [9.17, 15) is 4.79 Å². The van der Waals surface area contributed by atoms with Crippen molar-refractivity contribution in [2.24, 2.45) is 0 Å². The minimum absolute atomic E-state index is 0.200. The van der Waals surface area contributed by atoms with Crippen LogP contribution >= 0.6 is 0 Å². The molecule has 1 rings (SSSR count). The van der Waals surface area contributed by atoms with Crippen molar-refractivity contribution >= 4 is 5.97 Å². The molecule has 0 radical (unpaired) electrons. The van der Waals surface area contributed by atoms with Gasteiger partial charge in [-0.25, -0.2) is 4.79 Å². The van der Waals surface area contributed by atoms with Crippen LogP contribution in [0.2, 0.25) is 0 Å². The molecule has 21 heavy (non-hydrogen) atoms. The Balaban J connectivity index is 2.47. The van der Waals surface area contributed by atoms with E-state index in [0.717, 1.165) is 23.5 Å². The van der Waals surface area contributed by atoms with Crippen molar-refractivity contribution in [2.75, 3.05) is 13.2 Å². The van der Waals surface area contributed by atoms with Gasteiger partial charge in [-0.2, -0.15) is 0 Å². The van der Waals surface area contributed by atoms with Gasteiger partial charge in [-0.3, -0.25) is 0 Å². The van der Waals surface area contributed by atoms with Crippen LogP contribution < -0.4 is 9.47 Å². The fraction of sp³-hybridized carbons (Fsp3) is 0.471. The molecular formula is C17H24O4. The summed E-state index contributed by atoms with van der Waals surface area (Å²) >= 11 is 0. The molecule has 116 valence electrons. The van der Waals surface area contributed by atoms with Crippen molar-refractivity contribution < 1.29 is 19.0 Å². The van der Waals surface area contributed by atoms with E-state index < -0.39 is 0 Å². The Morgan fingerprint density at radius 3 is 2.38 bits per heavy atom.